The summed E-state index contributed by atoms with van der Waals surface area (Å²) >= 11 is 0. The van der Waals surface area contributed by atoms with Crippen molar-refractivity contribution in [1.82, 2.24) is 24.8 Å². The molecule has 1 fully saturated rings. The second-order valence-electron chi connectivity index (χ2n) is 8.46. The van der Waals surface area contributed by atoms with E-state index in [1.165, 1.54) is 6.20 Å². The Morgan fingerprint density at radius 1 is 1.28 bits per heavy atom. The summed E-state index contributed by atoms with van der Waals surface area (Å²) in [5.41, 5.74) is 3.07. The third-order valence-electron chi connectivity index (χ3n) is 5.87. The van der Waals surface area contributed by atoms with Gasteiger partial charge >= 0.3 is 0 Å². The minimum atomic E-state index is -2.42. The summed E-state index contributed by atoms with van der Waals surface area (Å²) in [5.74, 6) is 1.26. The van der Waals surface area contributed by atoms with Gasteiger partial charge in [-0.1, -0.05) is 6.58 Å². The number of pyridine rings is 2. The molecule has 36 heavy (non-hydrogen) atoms. The fourth-order valence-corrected chi connectivity index (χ4v) is 4.07. The Morgan fingerprint density at radius 3 is 2.69 bits per heavy atom. The summed E-state index contributed by atoms with van der Waals surface area (Å²) in [6.07, 6.45) is 2.46. The zero-order valence-corrected chi connectivity index (χ0v) is 20.0. The number of hydrogen-bond donors (Lipinski definition) is 1. The number of fused-ring (bicyclic) bond motifs is 1. The molecule has 1 amide bonds. The molecule has 1 N–H and O–H groups in total. The van der Waals surface area contributed by atoms with Crippen LogP contribution in [0.15, 0.2) is 48.9 Å². The average Bonchev–Trinajstić information content (AvgIpc) is 3.30. The summed E-state index contributed by atoms with van der Waals surface area (Å²) in [7, 11) is 0. The monoisotopic (exact) mass is 495 g/mol. The topological polar surface area (TPSA) is 98.8 Å². The Kier molecular flexibility index (Phi) is 7.75. The molecule has 0 saturated carbocycles. The smallest absolute Gasteiger partial charge is 0.250 e. The molecule has 0 radical (unpaired) electrons. The van der Waals surface area contributed by atoms with Crippen LogP contribution < -0.4 is 15.0 Å². The highest BCUT2D eigenvalue weighted by molar-refractivity contribution is 5.92. The molecule has 1 aliphatic rings. The number of amides is 1. The van der Waals surface area contributed by atoms with Gasteiger partial charge in [0.2, 0.25) is 5.91 Å². The van der Waals surface area contributed by atoms with Crippen molar-refractivity contribution in [2.24, 2.45) is 0 Å². The van der Waals surface area contributed by atoms with Crippen LogP contribution in [0.4, 0.5) is 14.6 Å². The van der Waals surface area contributed by atoms with Gasteiger partial charge in [0.15, 0.2) is 0 Å². The molecule has 0 bridgehead atoms. The number of hydrogen-bond acceptors (Lipinski definition) is 7. The number of rotatable bonds is 9. The van der Waals surface area contributed by atoms with Gasteiger partial charge in [-0.25, -0.2) is 18.3 Å². The predicted octanol–water partition coefficient (Wildman–Crippen LogP) is 2.73. The molecule has 0 aromatic carbocycles. The van der Waals surface area contributed by atoms with E-state index in [4.69, 9.17) is 4.74 Å². The van der Waals surface area contributed by atoms with Gasteiger partial charge in [0, 0.05) is 55.6 Å². The molecule has 0 atom stereocenters. The normalized spacial score (nSPS) is 13.8. The molecule has 4 heterocycles. The van der Waals surface area contributed by atoms with Crippen LogP contribution in [-0.2, 0) is 4.79 Å². The van der Waals surface area contributed by atoms with E-state index in [0.717, 1.165) is 16.9 Å². The summed E-state index contributed by atoms with van der Waals surface area (Å²) < 4.78 is 31.9. The molecule has 1 saturated heterocycles. The third kappa shape index (κ3) is 5.60. The number of anilines is 1. The summed E-state index contributed by atoms with van der Waals surface area (Å²) in [6.45, 7) is 8.05. The quantitative estimate of drug-likeness (QED) is 0.360. The highest BCUT2D eigenvalue weighted by Gasteiger charge is 2.22. The molecule has 0 unspecified atom stereocenters. The third-order valence-corrected chi connectivity index (χ3v) is 5.87. The number of carbonyl (C=O) groups is 1. The molecule has 3 aromatic heterocycles. The lowest BCUT2D eigenvalue weighted by Crippen LogP contribution is -2.49. The van der Waals surface area contributed by atoms with Crippen molar-refractivity contribution in [2.45, 2.75) is 13.3 Å². The number of carbonyl (C=O) groups excluding carboxylic acids is 1. The zero-order valence-electron chi connectivity index (χ0n) is 20.0. The minimum absolute atomic E-state index is 0.0250. The Labute approximate surface area is 207 Å². The Morgan fingerprint density at radius 2 is 2.06 bits per heavy atom. The molecule has 3 aromatic rings. The Balaban J connectivity index is 1.51. The number of alkyl halides is 2. The zero-order chi connectivity index (χ0) is 25.7. The number of aromatic nitrogens is 3. The van der Waals surface area contributed by atoms with Crippen LogP contribution in [0.1, 0.15) is 12.5 Å². The van der Waals surface area contributed by atoms with Gasteiger partial charge in [-0.05, 0) is 25.1 Å². The first-order chi connectivity index (χ1) is 17.4. The van der Waals surface area contributed by atoms with E-state index < -0.39 is 13.0 Å². The Bertz CT molecular complexity index is 1280. The highest BCUT2D eigenvalue weighted by atomic mass is 19.3. The van der Waals surface area contributed by atoms with Crippen LogP contribution in [0, 0.1) is 11.3 Å². The van der Waals surface area contributed by atoms with Crippen LogP contribution in [0.3, 0.4) is 0 Å². The maximum Gasteiger partial charge on any atom is 0.250 e. The predicted molar refractivity (Wildman–Crippen MR) is 131 cm³/mol. The van der Waals surface area contributed by atoms with E-state index >= 15 is 0 Å². The lowest BCUT2D eigenvalue weighted by molar-refractivity contribution is -0.127. The van der Waals surface area contributed by atoms with Gasteiger partial charge in [-0.2, -0.15) is 10.4 Å². The maximum atomic E-state index is 12.3. The Hall–Kier alpha value is -4.04. The highest BCUT2D eigenvalue weighted by Crippen LogP contribution is 2.31. The number of halogens is 2. The summed E-state index contributed by atoms with van der Waals surface area (Å²) in [4.78, 5) is 20.7. The first-order valence-corrected chi connectivity index (χ1v) is 11.6. The van der Waals surface area contributed by atoms with Gasteiger partial charge in [0.05, 0.1) is 30.0 Å². The summed E-state index contributed by atoms with van der Waals surface area (Å²) in [5, 5.41) is 16.4. The lowest BCUT2D eigenvalue weighted by atomic mass is 10.1. The van der Waals surface area contributed by atoms with Crippen LogP contribution in [0.25, 0.3) is 16.6 Å². The number of nitrogens with zero attached hydrogens (tertiary/aromatic N) is 6. The van der Waals surface area contributed by atoms with Crippen molar-refractivity contribution in [3.05, 3.63) is 54.5 Å². The molecule has 0 aliphatic carbocycles. The molecule has 9 nitrogen and oxygen atoms in total. The maximum absolute atomic E-state index is 12.3. The van der Waals surface area contributed by atoms with Crippen molar-refractivity contribution in [2.75, 3.05) is 50.8 Å². The van der Waals surface area contributed by atoms with E-state index in [0.29, 0.717) is 48.6 Å². The van der Waals surface area contributed by atoms with Crippen LogP contribution in [-0.4, -0.2) is 77.7 Å². The number of nitrogens with one attached hydrogen (secondary N) is 1. The second-order valence-corrected chi connectivity index (χ2v) is 8.46. The standard InChI is InChI=1S/C25H27F2N7O2/c1-17(2)25(35)33-8-6-32(7-9-33)23-4-3-18(13-30-23)21-11-20(36-10-5-29-15-22(26)27)16-34-24(21)19(12-28)14-31-34/h3-4,11,13-14,16,22,29H,1,5-10,15H2,2H3. The molecule has 1 aliphatic heterocycles. The van der Waals surface area contributed by atoms with Gasteiger partial charge < -0.3 is 19.9 Å². The lowest BCUT2D eigenvalue weighted by Gasteiger charge is -2.35. The fourth-order valence-electron chi connectivity index (χ4n) is 4.07. The molecular weight excluding hydrogens is 468 g/mol. The van der Waals surface area contributed by atoms with E-state index in [-0.39, 0.29) is 19.1 Å². The minimum Gasteiger partial charge on any atom is -0.491 e. The van der Waals surface area contributed by atoms with Crippen molar-refractivity contribution >= 4 is 17.2 Å². The van der Waals surface area contributed by atoms with Crippen molar-refractivity contribution in [3.63, 3.8) is 0 Å². The van der Waals surface area contributed by atoms with Crippen LogP contribution in [0.2, 0.25) is 0 Å². The van der Waals surface area contributed by atoms with E-state index in [2.05, 4.69) is 32.9 Å². The van der Waals surface area contributed by atoms with Crippen molar-refractivity contribution < 1.29 is 18.3 Å². The average molecular weight is 496 g/mol. The first kappa shape index (κ1) is 25.1. The first-order valence-electron chi connectivity index (χ1n) is 11.6. The van der Waals surface area contributed by atoms with Gasteiger partial charge in [0.1, 0.15) is 24.2 Å². The molecule has 11 heteroatoms. The molecule has 4 rings (SSSR count). The SMILES string of the molecule is C=C(C)C(=O)N1CCN(c2ccc(-c3cc(OCCNCC(F)F)cn4ncc(C#N)c34)cn2)CC1. The van der Waals surface area contributed by atoms with Crippen molar-refractivity contribution in [3.8, 4) is 22.9 Å². The van der Waals surface area contributed by atoms with Crippen LogP contribution in [0.5, 0.6) is 5.75 Å². The molecule has 0 spiro atoms. The molecular formula is C25H27F2N7O2. The summed E-state index contributed by atoms with van der Waals surface area (Å²) in [6, 6.07) is 7.79. The van der Waals surface area contributed by atoms with E-state index in [1.54, 1.807) is 34.8 Å². The van der Waals surface area contributed by atoms with E-state index in [9.17, 15) is 18.8 Å². The van der Waals surface area contributed by atoms with Gasteiger partial charge in [0.25, 0.3) is 6.43 Å². The molecule has 188 valence electrons. The van der Waals surface area contributed by atoms with E-state index in [1.807, 2.05) is 12.1 Å². The van der Waals surface area contributed by atoms with Gasteiger partial charge in [-0.15, -0.1) is 0 Å². The van der Waals surface area contributed by atoms with Crippen LogP contribution >= 0.6 is 0 Å². The number of nitriles is 1. The number of ether oxygens (including phenoxy) is 1. The van der Waals surface area contributed by atoms with Gasteiger partial charge in [-0.3, -0.25) is 4.79 Å². The largest absolute Gasteiger partial charge is 0.491 e. The van der Waals surface area contributed by atoms with Crippen molar-refractivity contribution in [1.29, 1.82) is 5.26 Å². The fraction of sp³-hybridized carbons (Fsp3) is 0.360. The second kappa shape index (κ2) is 11.1. The number of piperazine rings is 1.